The Morgan fingerprint density at radius 3 is 1.74 bits per heavy atom. The predicted molar refractivity (Wildman–Crippen MR) is 219 cm³/mol. The van der Waals surface area contributed by atoms with Crippen molar-refractivity contribution in [2.24, 2.45) is 0 Å². The Balaban J connectivity index is 1.10. The van der Waals surface area contributed by atoms with Crippen LogP contribution in [0.5, 0.6) is 23.0 Å². The van der Waals surface area contributed by atoms with E-state index in [0.717, 1.165) is 78.4 Å². The first-order valence-electron chi connectivity index (χ1n) is 18.0. The van der Waals surface area contributed by atoms with Gasteiger partial charge >= 0.3 is 0 Å². The Bertz CT molecular complexity index is 3100. The van der Waals surface area contributed by atoms with Crippen molar-refractivity contribution in [2.45, 2.75) is 0 Å². The fraction of sp³-hybridized carbons (Fsp3) is 0. The lowest BCUT2D eigenvalue weighted by Gasteiger charge is -2.34. The van der Waals surface area contributed by atoms with Crippen LogP contribution >= 0.6 is 0 Å². The highest BCUT2D eigenvalue weighted by atomic mass is 16.5. The van der Waals surface area contributed by atoms with Crippen LogP contribution in [0.4, 0.5) is 17.1 Å². The lowest BCUT2D eigenvalue weighted by Crippen LogP contribution is -2.57. The van der Waals surface area contributed by atoms with Gasteiger partial charge in [0, 0.05) is 39.4 Å². The van der Waals surface area contributed by atoms with Gasteiger partial charge in [-0.2, -0.15) is 0 Å². The van der Waals surface area contributed by atoms with Gasteiger partial charge in [-0.15, -0.1) is 0 Å². The summed E-state index contributed by atoms with van der Waals surface area (Å²) in [4.78, 5) is 2.28. The van der Waals surface area contributed by atoms with Gasteiger partial charge in [-0.3, -0.25) is 0 Å². The van der Waals surface area contributed by atoms with E-state index in [9.17, 15) is 0 Å². The molecule has 0 aliphatic carbocycles. The average molecular weight is 678 g/mol. The highest BCUT2D eigenvalue weighted by Crippen LogP contribution is 2.46. The molecule has 0 bridgehead atoms. The molecule has 0 unspecified atom stereocenters. The standard InChI is InChI=1S/C48H28BNO3/c1-2-14-33(15-3-1)50(34-21-18-29-10-4-5-13-32(29)26-34)35-22-23-38-39-28-43-46-48(47(39)53-42(38)27-35)52-41-25-20-31-12-7-9-17-37(31)45(41)49(46)44-36-16-8-6-11-30(36)19-24-40(44)51-43/h1-28H. The van der Waals surface area contributed by atoms with E-state index in [1.807, 2.05) is 0 Å². The molecule has 0 saturated carbocycles. The Kier molecular flexibility index (Phi) is 5.83. The van der Waals surface area contributed by atoms with Gasteiger partial charge in [-0.05, 0) is 97.8 Å². The molecule has 0 amide bonds. The molecular weight excluding hydrogens is 649 g/mol. The maximum absolute atomic E-state index is 6.98. The zero-order chi connectivity index (χ0) is 34.6. The minimum Gasteiger partial charge on any atom is -0.458 e. The third-order valence-electron chi connectivity index (χ3n) is 11.1. The molecule has 0 radical (unpaired) electrons. The van der Waals surface area contributed by atoms with E-state index >= 15 is 0 Å². The third-order valence-corrected chi connectivity index (χ3v) is 11.1. The van der Waals surface area contributed by atoms with Crippen LogP contribution in [0.25, 0.3) is 54.3 Å². The zero-order valence-electron chi connectivity index (χ0n) is 28.4. The molecule has 246 valence electrons. The molecule has 5 heteroatoms. The Labute approximate surface area is 305 Å². The van der Waals surface area contributed by atoms with Gasteiger partial charge in [-0.1, -0.05) is 109 Å². The molecule has 53 heavy (non-hydrogen) atoms. The van der Waals surface area contributed by atoms with Gasteiger partial charge in [0.2, 0.25) is 0 Å². The van der Waals surface area contributed by atoms with Crippen LogP contribution in [0.3, 0.4) is 0 Å². The van der Waals surface area contributed by atoms with Crippen molar-refractivity contribution in [1.29, 1.82) is 0 Å². The van der Waals surface area contributed by atoms with Crippen molar-refractivity contribution in [1.82, 2.24) is 0 Å². The van der Waals surface area contributed by atoms with Gasteiger partial charge in [0.25, 0.3) is 6.71 Å². The number of hydrogen-bond donors (Lipinski definition) is 0. The quantitative estimate of drug-likeness (QED) is 0.174. The van der Waals surface area contributed by atoms with E-state index in [1.54, 1.807) is 0 Å². The Morgan fingerprint density at radius 2 is 0.981 bits per heavy atom. The second-order valence-corrected chi connectivity index (χ2v) is 14.0. The first kappa shape index (κ1) is 28.7. The second kappa shape index (κ2) is 10.8. The summed E-state index contributed by atoms with van der Waals surface area (Å²) in [6, 6.07) is 59.9. The Morgan fingerprint density at radius 1 is 0.377 bits per heavy atom. The molecule has 12 rings (SSSR count). The van der Waals surface area contributed by atoms with Crippen LogP contribution in [-0.2, 0) is 0 Å². The molecule has 2 aliphatic heterocycles. The summed E-state index contributed by atoms with van der Waals surface area (Å²) in [5.41, 5.74) is 7.97. The molecule has 3 heterocycles. The number of para-hydroxylation sites is 1. The summed E-state index contributed by atoms with van der Waals surface area (Å²) in [6.07, 6.45) is 0. The van der Waals surface area contributed by atoms with E-state index in [4.69, 9.17) is 13.9 Å². The van der Waals surface area contributed by atoms with Crippen molar-refractivity contribution < 1.29 is 13.9 Å². The number of nitrogens with zero attached hydrogens (tertiary/aromatic N) is 1. The number of anilines is 3. The number of ether oxygens (including phenoxy) is 2. The van der Waals surface area contributed by atoms with Crippen molar-refractivity contribution in [3.05, 3.63) is 170 Å². The topological polar surface area (TPSA) is 34.8 Å². The summed E-state index contributed by atoms with van der Waals surface area (Å²) in [7, 11) is 0. The third kappa shape index (κ3) is 4.13. The number of hydrogen-bond acceptors (Lipinski definition) is 4. The fourth-order valence-electron chi connectivity index (χ4n) is 8.78. The maximum Gasteiger partial charge on any atom is 0.262 e. The van der Waals surface area contributed by atoms with E-state index in [-0.39, 0.29) is 6.71 Å². The minimum atomic E-state index is -0.112. The van der Waals surface area contributed by atoms with E-state index < -0.39 is 0 Å². The van der Waals surface area contributed by atoms with Crippen LogP contribution in [0.2, 0.25) is 0 Å². The summed E-state index contributed by atoms with van der Waals surface area (Å²) in [5.74, 6) is 3.23. The molecular formula is C48H28BNO3. The number of benzene rings is 9. The van der Waals surface area contributed by atoms with Gasteiger partial charge in [-0.25, -0.2) is 0 Å². The van der Waals surface area contributed by atoms with Crippen molar-refractivity contribution >= 4 is 94.4 Å². The summed E-state index contributed by atoms with van der Waals surface area (Å²) >= 11 is 0. The van der Waals surface area contributed by atoms with E-state index in [0.29, 0.717) is 0 Å². The molecule has 0 N–H and O–H groups in total. The van der Waals surface area contributed by atoms with Gasteiger partial charge in [0.15, 0.2) is 11.3 Å². The van der Waals surface area contributed by atoms with Crippen LogP contribution in [0, 0.1) is 0 Å². The SMILES string of the molecule is c1ccc(N(c2ccc3ccccc3c2)c2ccc3c(c2)oc2c4c5c(cc23)Oc2ccc3ccccc3c2B5c2c(ccc3ccccc23)O4)cc1. The summed E-state index contributed by atoms with van der Waals surface area (Å²) < 4.78 is 20.8. The highest BCUT2D eigenvalue weighted by Gasteiger charge is 2.43. The number of rotatable bonds is 3. The van der Waals surface area contributed by atoms with Crippen LogP contribution in [-0.4, -0.2) is 6.71 Å². The van der Waals surface area contributed by atoms with E-state index in [2.05, 4.69) is 175 Å². The monoisotopic (exact) mass is 677 g/mol. The molecule has 9 aromatic carbocycles. The van der Waals surface area contributed by atoms with Gasteiger partial charge < -0.3 is 18.8 Å². The number of furan rings is 1. The highest BCUT2D eigenvalue weighted by molar-refractivity contribution is 7.01. The lowest BCUT2D eigenvalue weighted by atomic mass is 9.33. The zero-order valence-corrected chi connectivity index (χ0v) is 28.4. The van der Waals surface area contributed by atoms with Gasteiger partial charge in [0.05, 0.1) is 0 Å². The molecule has 4 nitrogen and oxygen atoms in total. The number of fused-ring (bicyclic) bond motifs is 13. The summed E-state index contributed by atoms with van der Waals surface area (Å²) in [5, 5.41) is 9.08. The Hall–Kier alpha value is -6.98. The van der Waals surface area contributed by atoms with Crippen LogP contribution in [0.1, 0.15) is 0 Å². The van der Waals surface area contributed by atoms with Crippen molar-refractivity contribution in [3.8, 4) is 23.0 Å². The smallest absolute Gasteiger partial charge is 0.262 e. The van der Waals surface area contributed by atoms with Crippen molar-refractivity contribution in [2.75, 3.05) is 4.90 Å². The molecule has 0 spiro atoms. The molecule has 1 aromatic heterocycles. The second-order valence-electron chi connectivity index (χ2n) is 14.0. The first-order chi connectivity index (χ1) is 26.3. The lowest BCUT2D eigenvalue weighted by molar-refractivity contribution is 0.462. The average Bonchev–Trinajstić information content (AvgIpc) is 3.58. The fourth-order valence-corrected chi connectivity index (χ4v) is 8.78. The van der Waals surface area contributed by atoms with Crippen LogP contribution < -0.4 is 30.8 Å². The molecule has 2 aliphatic rings. The predicted octanol–water partition coefficient (Wildman–Crippen LogP) is 11.2. The first-order valence-corrected chi connectivity index (χ1v) is 18.0. The largest absolute Gasteiger partial charge is 0.458 e. The van der Waals surface area contributed by atoms with E-state index in [1.165, 1.54) is 32.3 Å². The summed E-state index contributed by atoms with van der Waals surface area (Å²) in [6.45, 7) is -0.112. The molecule has 0 atom stereocenters. The maximum atomic E-state index is 6.98. The molecule has 0 fully saturated rings. The molecule has 10 aromatic rings. The van der Waals surface area contributed by atoms with Crippen LogP contribution in [0.15, 0.2) is 174 Å². The van der Waals surface area contributed by atoms with Gasteiger partial charge in [0.1, 0.15) is 22.8 Å². The molecule has 0 saturated heterocycles. The van der Waals surface area contributed by atoms with Crippen molar-refractivity contribution in [3.63, 3.8) is 0 Å². The normalized spacial score (nSPS) is 12.8. The minimum absolute atomic E-state index is 0.112.